The molecule has 0 bridgehead atoms. The van der Waals surface area contributed by atoms with Crippen molar-refractivity contribution >= 4 is 0 Å². The quantitative estimate of drug-likeness (QED) is 0.660. The second-order valence-electron chi connectivity index (χ2n) is 3.30. The summed E-state index contributed by atoms with van der Waals surface area (Å²) < 4.78 is 13.3. The molecule has 0 aliphatic carbocycles. The minimum atomic E-state index is -0.220. The molecule has 13 heavy (non-hydrogen) atoms. The average molecular weight is 181 g/mol. The highest BCUT2D eigenvalue weighted by atomic mass is 19.1. The van der Waals surface area contributed by atoms with Crippen molar-refractivity contribution in [1.29, 1.82) is 0 Å². The Morgan fingerprint density at radius 3 is 2.54 bits per heavy atom. The minimum absolute atomic E-state index is 0.220. The van der Waals surface area contributed by atoms with Gasteiger partial charge in [0.15, 0.2) is 0 Å². The fourth-order valence-corrected chi connectivity index (χ4v) is 1.58. The van der Waals surface area contributed by atoms with Gasteiger partial charge in [0.1, 0.15) is 5.83 Å². The van der Waals surface area contributed by atoms with Crippen LogP contribution >= 0.6 is 0 Å². The number of rotatable bonds is 3. The Hall–Kier alpha value is -0.890. The van der Waals surface area contributed by atoms with Gasteiger partial charge in [0.25, 0.3) is 0 Å². The van der Waals surface area contributed by atoms with E-state index in [-0.39, 0.29) is 5.83 Å². The van der Waals surface area contributed by atoms with Crippen molar-refractivity contribution < 1.29 is 4.39 Å². The largest absolute Gasteiger partial charge is 0.317 e. The molecule has 1 N–H and O–H groups in total. The van der Waals surface area contributed by atoms with Gasteiger partial charge in [-0.1, -0.05) is 19.2 Å². The first-order chi connectivity index (χ1) is 6.25. The van der Waals surface area contributed by atoms with Crippen molar-refractivity contribution in [3.05, 3.63) is 36.7 Å². The summed E-state index contributed by atoms with van der Waals surface area (Å²) in [5, 5.41) is 3.24. The summed E-state index contributed by atoms with van der Waals surface area (Å²) in [5.41, 5.74) is 0.626. The number of allylic oxidation sites excluding steroid dienone is 4. The van der Waals surface area contributed by atoms with Crippen LogP contribution in [0.4, 0.5) is 4.39 Å². The van der Waals surface area contributed by atoms with Crippen LogP contribution in [0.25, 0.3) is 0 Å². The van der Waals surface area contributed by atoms with Gasteiger partial charge in [0.2, 0.25) is 0 Å². The number of piperidine rings is 1. The van der Waals surface area contributed by atoms with Crippen LogP contribution in [-0.4, -0.2) is 13.1 Å². The molecule has 1 nitrogen and oxygen atoms in total. The van der Waals surface area contributed by atoms with Crippen LogP contribution in [0.2, 0.25) is 0 Å². The van der Waals surface area contributed by atoms with E-state index >= 15 is 0 Å². The minimum Gasteiger partial charge on any atom is -0.317 e. The molecule has 1 aliphatic rings. The van der Waals surface area contributed by atoms with Gasteiger partial charge in [0, 0.05) is 0 Å². The summed E-state index contributed by atoms with van der Waals surface area (Å²) in [6.45, 7) is 9.16. The lowest BCUT2D eigenvalue weighted by molar-refractivity contribution is 0.412. The van der Waals surface area contributed by atoms with Crippen LogP contribution in [-0.2, 0) is 0 Å². The van der Waals surface area contributed by atoms with Crippen LogP contribution in [0, 0.1) is 5.92 Å². The van der Waals surface area contributed by atoms with E-state index < -0.39 is 0 Å². The maximum atomic E-state index is 13.3. The molecule has 1 aliphatic heterocycles. The van der Waals surface area contributed by atoms with Crippen molar-refractivity contribution in [3.8, 4) is 0 Å². The first kappa shape index (κ1) is 10.2. The van der Waals surface area contributed by atoms with Crippen molar-refractivity contribution in [2.45, 2.75) is 12.8 Å². The van der Waals surface area contributed by atoms with E-state index in [0.717, 1.165) is 25.9 Å². The van der Waals surface area contributed by atoms with Gasteiger partial charge in [-0.25, -0.2) is 4.39 Å². The van der Waals surface area contributed by atoms with Crippen molar-refractivity contribution in [2.24, 2.45) is 5.92 Å². The Kier molecular flexibility index (Phi) is 3.90. The van der Waals surface area contributed by atoms with Crippen LogP contribution in [0.15, 0.2) is 36.7 Å². The molecule has 0 aromatic carbocycles. The molecule has 0 amide bonds. The van der Waals surface area contributed by atoms with Crippen LogP contribution in [0.3, 0.4) is 0 Å². The lowest BCUT2D eigenvalue weighted by Gasteiger charge is -2.23. The molecule has 1 saturated heterocycles. The van der Waals surface area contributed by atoms with Crippen molar-refractivity contribution in [3.63, 3.8) is 0 Å². The van der Waals surface area contributed by atoms with E-state index in [1.54, 1.807) is 0 Å². The highest BCUT2D eigenvalue weighted by Crippen LogP contribution is 2.26. The molecule has 1 heterocycles. The number of hydrogen-bond donors (Lipinski definition) is 1. The summed E-state index contributed by atoms with van der Waals surface area (Å²) >= 11 is 0. The van der Waals surface area contributed by atoms with E-state index in [2.05, 4.69) is 18.5 Å². The molecule has 0 spiro atoms. The molecule has 0 aromatic heterocycles. The van der Waals surface area contributed by atoms with E-state index in [9.17, 15) is 4.39 Å². The maximum absolute atomic E-state index is 13.3. The zero-order valence-electron chi connectivity index (χ0n) is 7.85. The van der Waals surface area contributed by atoms with Gasteiger partial charge < -0.3 is 5.32 Å². The van der Waals surface area contributed by atoms with Gasteiger partial charge in [-0.05, 0) is 43.5 Å². The summed E-state index contributed by atoms with van der Waals surface area (Å²) in [6, 6.07) is 0. The average Bonchev–Trinajstić information content (AvgIpc) is 2.18. The summed E-state index contributed by atoms with van der Waals surface area (Å²) in [5.74, 6) is 0.0827. The normalized spacial score (nSPS) is 19.9. The summed E-state index contributed by atoms with van der Waals surface area (Å²) in [6.07, 6.45) is 4.81. The monoisotopic (exact) mass is 181 g/mol. The SMILES string of the molecule is C=C/C=C(/F)C(=C)C1CCNCC1. The zero-order valence-corrected chi connectivity index (χ0v) is 7.85. The van der Waals surface area contributed by atoms with Crippen LogP contribution < -0.4 is 5.32 Å². The van der Waals surface area contributed by atoms with E-state index in [1.807, 2.05) is 0 Å². The molecule has 1 rings (SSSR count). The van der Waals surface area contributed by atoms with E-state index in [0.29, 0.717) is 11.5 Å². The molecule has 0 unspecified atom stereocenters. The molecular weight excluding hydrogens is 165 g/mol. The third-order valence-corrected chi connectivity index (χ3v) is 2.40. The Bertz CT molecular complexity index is 224. The molecule has 0 aromatic rings. The maximum Gasteiger partial charge on any atom is 0.126 e. The van der Waals surface area contributed by atoms with E-state index in [1.165, 1.54) is 12.2 Å². The predicted octanol–water partition coefficient (Wildman–Crippen LogP) is 2.58. The van der Waals surface area contributed by atoms with Crippen LogP contribution in [0.1, 0.15) is 12.8 Å². The van der Waals surface area contributed by atoms with Crippen LogP contribution in [0.5, 0.6) is 0 Å². The highest BCUT2D eigenvalue weighted by molar-refractivity contribution is 5.27. The molecular formula is C11H16FN. The summed E-state index contributed by atoms with van der Waals surface area (Å²) in [4.78, 5) is 0. The molecule has 72 valence electrons. The smallest absolute Gasteiger partial charge is 0.126 e. The van der Waals surface area contributed by atoms with Gasteiger partial charge >= 0.3 is 0 Å². The van der Waals surface area contributed by atoms with Crippen molar-refractivity contribution in [1.82, 2.24) is 5.32 Å². The highest BCUT2D eigenvalue weighted by Gasteiger charge is 2.18. The van der Waals surface area contributed by atoms with Gasteiger partial charge in [-0.3, -0.25) is 0 Å². The lowest BCUT2D eigenvalue weighted by Crippen LogP contribution is -2.28. The number of nitrogens with one attached hydrogen (secondary N) is 1. The van der Waals surface area contributed by atoms with E-state index in [4.69, 9.17) is 0 Å². The molecule has 0 radical (unpaired) electrons. The lowest BCUT2D eigenvalue weighted by atomic mass is 9.90. The third kappa shape index (κ3) is 2.81. The fourth-order valence-electron chi connectivity index (χ4n) is 1.58. The van der Waals surface area contributed by atoms with Gasteiger partial charge in [-0.15, -0.1) is 0 Å². The Balaban J connectivity index is 2.55. The first-order valence-corrected chi connectivity index (χ1v) is 4.64. The van der Waals surface area contributed by atoms with Gasteiger partial charge in [-0.2, -0.15) is 0 Å². The van der Waals surface area contributed by atoms with Crippen molar-refractivity contribution in [2.75, 3.05) is 13.1 Å². The Morgan fingerprint density at radius 2 is 2.00 bits per heavy atom. The molecule has 1 fully saturated rings. The zero-order chi connectivity index (χ0) is 9.68. The molecule has 0 saturated carbocycles. The second-order valence-corrected chi connectivity index (χ2v) is 3.30. The molecule has 2 heteroatoms. The standard InChI is InChI=1S/C11H16FN/c1-3-4-11(12)9(2)10-5-7-13-8-6-10/h3-4,10,13H,1-2,5-8H2/b11-4+. The van der Waals surface area contributed by atoms with Gasteiger partial charge in [0.05, 0.1) is 0 Å². The topological polar surface area (TPSA) is 12.0 Å². The number of hydrogen-bond acceptors (Lipinski definition) is 1. The second kappa shape index (κ2) is 4.97. The Labute approximate surface area is 79.0 Å². The fraction of sp³-hybridized carbons (Fsp3) is 0.455. The Morgan fingerprint density at radius 1 is 1.38 bits per heavy atom. The number of halogens is 1. The predicted molar refractivity (Wildman–Crippen MR) is 54.1 cm³/mol. The molecule has 0 atom stereocenters. The first-order valence-electron chi connectivity index (χ1n) is 4.64. The summed E-state index contributed by atoms with van der Waals surface area (Å²) in [7, 11) is 0. The third-order valence-electron chi connectivity index (χ3n) is 2.40.